The number of rotatable bonds is 1. The van der Waals surface area contributed by atoms with E-state index in [9.17, 15) is 0 Å². The molecule has 0 atom stereocenters. The fourth-order valence-corrected chi connectivity index (χ4v) is 1.01. The van der Waals surface area contributed by atoms with Crippen LogP contribution in [0.4, 0.5) is 0 Å². The highest BCUT2D eigenvalue weighted by Gasteiger charge is 1.87. The average molecular weight is 242 g/mol. The molecule has 0 spiro atoms. The second kappa shape index (κ2) is 5.23. The summed E-state index contributed by atoms with van der Waals surface area (Å²) in [4.78, 5) is 4.10. The zero-order chi connectivity index (χ0) is 8.81. The molecule has 0 fully saturated rings. The molecule has 0 amide bonds. The zero-order valence-corrected chi connectivity index (χ0v) is 8.90. The van der Waals surface area contributed by atoms with E-state index in [4.69, 9.17) is 0 Å². The maximum absolute atomic E-state index is 4.10. The van der Waals surface area contributed by atoms with Gasteiger partial charge in [-0.2, -0.15) is 12.6 Å². The van der Waals surface area contributed by atoms with Crippen molar-refractivity contribution in [1.29, 1.82) is 0 Å². The van der Waals surface area contributed by atoms with Crippen molar-refractivity contribution in [2.45, 2.75) is 6.42 Å². The van der Waals surface area contributed by atoms with E-state index in [0.717, 1.165) is 22.3 Å². The van der Waals surface area contributed by atoms with E-state index in [2.05, 4.69) is 45.4 Å². The third kappa shape index (κ3) is 3.29. The first kappa shape index (κ1) is 9.63. The van der Waals surface area contributed by atoms with E-state index in [-0.39, 0.29) is 0 Å². The molecule has 0 saturated heterocycles. The minimum atomic E-state index is 0.795. The Balaban J connectivity index is 2.66. The molecule has 1 aromatic rings. The van der Waals surface area contributed by atoms with Gasteiger partial charge in [0, 0.05) is 22.8 Å². The van der Waals surface area contributed by atoms with Gasteiger partial charge in [0.1, 0.15) is 5.69 Å². The minimum absolute atomic E-state index is 0.795. The molecule has 1 nitrogen and oxygen atoms in total. The quantitative estimate of drug-likeness (QED) is 0.589. The van der Waals surface area contributed by atoms with Crippen molar-refractivity contribution in [2.75, 3.05) is 5.75 Å². The fraction of sp³-hybridized carbons (Fsp3) is 0.222. The zero-order valence-electron chi connectivity index (χ0n) is 6.42. The van der Waals surface area contributed by atoms with E-state index in [1.54, 1.807) is 6.20 Å². The maximum atomic E-state index is 4.10. The highest BCUT2D eigenvalue weighted by Crippen LogP contribution is 2.06. The van der Waals surface area contributed by atoms with Crippen molar-refractivity contribution < 1.29 is 0 Å². The molecule has 0 saturated carbocycles. The Kier molecular flexibility index (Phi) is 4.20. The lowest BCUT2D eigenvalue weighted by atomic mass is 10.3. The van der Waals surface area contributed by atoms with Gasteiger partial charge >= 0.3 is 0 Å². The van der Waals surface area contributed by atoms with Crippen LogP contribution in [0.2, 0.25) is 0 Å². The molecule has 1 aromatic heterocycles. The van der Waals surface area contributed by atoms with Gasteiger partial charge in [0.05, 0.1) is 0 Å². The first-order valence-corrected chi connectivity index (χ1v) is 4.97. The lowest BCUT2D eigenvalue weighted by Crippen LogP contribution is -1.80. The van der Waals surface area contributed by atoms with Crippen molar-refractivity contribution in [3.63, 3.8) is 0 Å². The number of halogens is 1. The third-order valence-electron chi connectivity index (χ3n) is 1.18. The summed E-state index contributed by atoms with van der Waals surface area (Å²) in [6.45, 7) is 0. The van der Waals surface area contributed by atoms with E-state index in [0.29, 0.717) is 0 Å². The summed E-state index contributed by atoms with van der Waals surface area (Å²) in [5.41, 5.74) is 0.806. The van der Waals surface area contributed by atoms with Crippen LogP contribution in [0.3, 0.4) is 0 Å². The summed E-state index contributed by atoms with van der Waals surface area (Å²) in [5, 5.41) is 0. The van der Waals surface area contributed by atoms with Crippen LogP contribution in [-0.4, -0.2) is 10.7 Å². The van der Waals surface area contributed by atoms with Crippen LogP contribution in [0.25, 0.3) is 0 Å². The van der Waals surface area contributed by atoms with Crippen LogP contribution in [0, 0.1) is 11.8 Å². The summed E-state index contributed by atoms with van der Waals surface area (Å²) in [6, 6.07) is 3.81. The molecule has 0 radical (unpaired) electrons. The van der Waals surface area contributed by atoms with E-state index >= 15 is 0 Å². The molecule has 62 valence electrons. The number of pyridine rings is 1. The topological polar surface area (TPSA) is 12.9 Å². The molecule has 1 heterocycles. The van der Waals surface area contributed by atoms with Crippen molar-refractivity contribution in [1.82, 2.24) is 4.98 Å². The predicted molar refractivity (Wildman–Crippen MR) is 57.3 cm³/mol. The largest absolute Gasteiger partial charge is 0.247 e. The van der Waals surface area contributed by atoms with Gasteiger partial charge in [0.25, 0.3) is 0 Å². The smallest absolute Gasteiger partial charge is 0.113 e. The van der Waals surface area contributed by atoms with Gasteiger partial charge < -0.3 is 0 Å². The number of nitrogens with zero attached hydrogens (tertiary/aromatic N) is 1. The average Bonchev–Trinajstić information content (AvgIpc) is 2.09. The summed E-state index contributed by atoms with van der Waals surface area (Å²) in [6.07, 6.45) is 2.55. The van der Waals surface area contributed by atoms with E-state index in [1.807, 2.05) is 12.1 Å². The highest BCUT2D eigenvalue weighted by molar-refractivity contribution is 9.10. The Morgan fingerprint density at radius 3 is 2.92 bits per heavy atom. The molecule has 12 heavy (non-hydrogen) atoms. The highest BCUT2D eigenvalue weighted by atomic mass is 79.9. The molecule has 0 aliphatic heterocycles. The van der Waals surface area contributed by atoms with Crippen molar-refractivity contribution in [2.24, 2.45) is 0 Å². The van der Waals surface area contributed by atoms with Gasteiger partial charge in [-0.05, 0) is 34.0 Å². The van der Waals surface area contributed by atoms with Gasteiger partial charge in [0.2, 0.25) is 0 Å². The minimum Gasteiger partial charge on any atom is -0.247 e. The molecule has 1 rings (SSSR count). The second-order valence-electron chi connectivity index (χ2n) is 2.14. The van der Waals surface area contributed by atoms with Gasteiger partial charge in [-0.15, -0.1) is 0 Å². The fourth-order valence-electron chi connectivity index (χ4n) is 0.659. The van der Waals surface area contributed by atoms with Gasteiger partial charge in [-0.3, -0.25) is 0 Å². The first-order chi connectivity index (χ1) is 5.83. The van der Waals surface area contributed by atoms with E-state index in [1.165, 1.54) is 0 Å². The Hall–Kier alpha value is -0.460. The summed E-state index contributed by atoms with van der Waals surface area (Å²) >= 11 is 7.36. The maximum Gasteiger partial charge on any atom is 0.113 e. The molecular formula is C9H8BrNS. The van der Waals surface area contributed by atoms with Crippen molar-refractivity contribution in [3.8, 4) is 11.8 Å². The van der Waals surface area contributed by atoms with Gasteiger partial charge in [-0.1, -0.05) is 5.92 Å². The Morgan fingerprint density at radius 2 is 2.33 bits per heavy atom. The lowest BCUT2D eigenvalue weighted by molar-refractivity contribution is 1.26. The lowest BCUT2D eigenvalue weighted by Gasteiger charge is -1.88. The molecule has 0 aliphatic rings. The van der Waals surface area contributed by atoms with Crippen LogP contribution in [0.5, 0.6) is 0 Å². The number of hydrogen-bond acceptors (Lipinski definition) is 2. The molecule has 0 N–H and O–H groups in total. The molecule has 3 heteroatoms. The van der Waals surface area contributed by atoms with Crippen LogP contribution < -0.4 is 0 Å². The Bertz CT molecular complexity index is 297. The Morgan fingerprint density at radius 1 is 1.50 bits per heavy atom. The van der Waals surface area contributed by atoms with Crippen molar-refractivity contribution >= 4 is 28.6 Å². The molecular weight excluding hydrogens is 234 g/mol. The number of thiol groups is 1. The van der Waals surface area contributed by atoms with Gasteiger partial charge in [0.15, 0.2) is 0 Å². The standard InChI is InChI=1S/C9H8BrNS/c10-8-4-5-9(11-7-8)3-1-2-6-12/h4-5,7,12H,2,6H2. The molecule has 0 aromatic carbocycles. The summed E-state index contributed by atoms with van der Waals surface area (Å²) in [5.74, 6) is 6.70. The normalized spacial score (nSPS) is 8.83. The number of aromatic nitrogens is 1. The summed E-state index contributed by atoms with van der Waals surface area (Å²) in [7, 11) is 0. The monoisotopic (exact) mass is 241 g/mol. The predicted octanol–water partition coefficient (Wildman–Crippen LogP) is 2.52. The summed E-state index contributed by atoms with van der Waals surface area (Å²) < 4.78 is 0.974. The van der Waals surface area contributed by atoms with Crippen LogP contribution in [0.15, 0.2) is 22.8 Å². The van der Waals surface area contributed by atoms with Crippen LogP contribution in [0.1, 0.15) is 12.1 Å². The number of hydrogen-bond donors (Lipinski definition) is 1. The van der Waals surface area contributed by atoms with E-state index < -0.39 is 0 Å². The van der Waals surface area contributed by atoms with Crippen LogP contribution in [-0.2, 0) is 0 Å². The third-order valence-corrected chi connectivity index (χ3v) is 1.87. The first-order valence-electron chi connectivity index (χ1n) is 3.54. The second-order valence-corrected chi connectivity index (χ2v) is 3.50. The molecule has 0 unspecified atom stereocenters. The van der Waals surface area contributed by atoms with Gasteiger partial charge in [-0.25, -0.2) is 4.98 Å². The molecule has 0 bridgehead atoms. The van der Waals surface area contributed by atoms with Crippen LogP contribution >= 0.6 is 28.6 Å². The Labute approximate surface area is 86.1 Å². The van der Waals surface area contributed by atoms with Crippen molar-refractivity contribution in [3.05, 3.63) is 28.5 Å². The molecule has 0 aliphatic carbocycles. The SMILES string of the molecule is SCCC#Cc1ccc(Br)cn1.